The van der Waals surface area contributed by atoms with Crippen LogP contribution < -0.4 is 4.74 Å². The maximum atomic E-state index is 11.3. The Morgan fingerprint density at radius 2 is 1.70 bits per heavy atom. The summed E-state index contributed by atoms with van der Waals surface area (Å²) in [5.74, 6) is -0.0525. The van der Waals surface area contributed by atoms with Crippen LogP contribution in [-0.2, 0) is 14.9 Å². The van der Waals surface area contributed by atoms with Crippen LogP contribution in [0.3, 0.4) is 0 Å². The highest BCUT2D eigenvalue weighted by molar-refractivity contribution is 5.81. The molecule has 0 heterocycles. The number of carbonyl (C=O) groups is 1. The second-order valence-corrected chi connectivity index (χ2v) is 5.84. The Balaban J connectivity index is 2.28. The molecule has 4 nitrogen and oxygen atoms in total. The van der Waals surface area contributed by atoms with E-state index in [0.29, 0.717) is 13.2 Å². The van der Waals surface area contributed by atoms with Gasteiger partial charge in [0.05, 0.1) is 12.0 Å². The van der Waals surface area contributed by atoms with E-state index in [4.69, 9.17) is 9.47 Å². The van der Waals surface area contributed by atoms with Crippen LogP contribution in [0.5, 0.6) is 5.75 Å². The van der Waals surface area contributed by atoms with Gasteiger partial charge >= 0.3 is 5.97 Å². The molecule has 0 amide bonds. The predicted molar refractivity (Wildman–Crippen MR) is 89.9 cm³/mol. The maximum Gasteiger partial charge on any atom is 0.313 e. The lowest BCUT2D eigenvalue weighted by Gasteiger charge is -2.20. The van der Waals surface area contributed by atoms with Gasteiger partial charge in [-0.2, -0.15) is 0 Å². The van der Waals surface area contributed by atoms with Crippen molar-refractivity contribution in [2.45, 2.75) is 19.3 Å². The minimum absolute atomic E-state index is 0.484. The lowest BCUT2D eigenvalue weighted by Crippen LogP contribution is -2.28. The molecule has 0 radical (unpaired) electrons. The number of carboxylic acids is 1. The van der Waals surface area contributed by atoms with Gasteiger partial charge in [0.15, 0.2) is 0 Å². The molecule has 23 heavy (non-hydrogen) atoms. The van der Waals surface area contributed by atoms with E-state index in [2.05, 4.69) is 0 Å². The molecule has 1 N–H and O–H groups in total. The second kappa shape index (κ2) is 7.29. The minimum Gasteiger partial charge on any atom is -0.491 e. The molecule has 0 atom stereocenters. The lowest BCUT2D eigenvalue weighted by atomic mass is 9.84. The first-order valence-corrected chi connectivity index (χ1v) is 7.52. The zero-order chi connectivity index (χ0) is 16.9. The molecule has 0 unspecified atom stereocenters. The van der Waals surface area contributed by atoms with E-state index in [1.807, 2.05) is 48.5 Å². The number of methoxy groups -OCH3 is 1. The van der Waals surface area contributed by atoms with Crippen molar-refractivity contribution in [1.29, 1.82) is 0 Å². The molecule has 122 valence electrons. The number of carboxylic acid groups (broad SMARTS) is 1. The highest BCUT2D eigenvalue weighted by Crippen LogP contribution is 2.32. The van der Waals surface area contributed by atoms with E-state index in [9.17, 15) is 9.90 Å². The molecule has 0 aliphatic carbocycles. The monoisotopic (exact) mass is 314 g/mol. The minimum atomic E-state index is -0.910. The summed E-state index contributed by atoms with van der Waals surface area (Å²) in [5.41, 5.74) is 1.82. The summed E-state index contributed by atoms with van der Waals surface area (Å²) in [4.78, 5) is 11.3. The van der Waals surface area contributed by atoms with Crippen LogP contribution in [0.15, 0.2) is 48.5 Å². The topological polar surface area (TPSA) is 55.8 Å². The van der Waals surface area contributed by atoms with Gasteiger partial charge in [0.1, 0.15) is 12.4 Å². The van der Waals surface area contributed by atoms with Crippen molar-refractivity contribution in [3.05, 3.63) is 54.1 Å². The molecule has 2 aromatic carbocycles. The molecule has 4 heteroatoms. The molecular weight excluding hydrogens is 292 g/mol. The highest BCUT2D eigenvalue weighted by atomic mass is 16.5. The van der Waals surface area contributed by atoms with Crippen molar-refractivity contribution in [2.75, 3.05) is 20.3 Å². The van der Waals surface area contributed by atoms with E-state index in [0.717, 1.165) is 22.4 Å². The van der Waals surface area contributed by atoms with Gasteiger partial charge in [-0.25, -0.2) is 0 Å². The Morgan fingerprint density at radius 1 is 1.04 bits per heavy atom. The highest BCUT2D eigenvalue weighted by Gasteiger charge is 2.29. The summed E-state index contributed by atoms with van der Waals surface area (Å²) in [6.45, 7) is 4.41. The third kappa shape index (κ3) is 3.90. The molecule has 0 aliphatic rings. The summed E-state index contributed by atoms with van der Waals surface area (Å²) in [6.07, 6.45) is 0. The first kappa shape index (κ1) is 17.0. The molecule has 0 saturated heterocycles. The Labute approximate surface area is 136 Å². The second-order valence-electron chi connectivity index (χ2n) is 5.84. The lowest BCUT2D eigenvalue weighted by molar-refractivity contribution is -0.142. The summed E-state index contributed by atoms with van der Waals surface area (Å²) in [6, 6.07) is 15.3. The number of hydrogen-bond acceptors (Lipinski definition) is 3. The van der Waals surface area contributed by atoms with Crippen molar-refractivity contribution in [1.82, 2.24) is 0 Å². The van der Waals surface area contributed by atoms with Crippen LogP contribution >= 0.6 is 0 Å². The Kier molecular flexibility index (Phi) is 5.40. The van der Waals surface area contributed by atoms with Crippen LogP contribution in [-0.4, -0.2) is 31.4 Å². The average Bonchev–Trinajstić information content (AvgIpc) is 2.55. The standard InChI is InChI=1S/C19H22O4/c1-19(2,18(20)21)15-10-8-14(9-11-15)16-6-4-5-7-17(16)23-13-12-22-3/h4-11H,12-13H2,1-3H3,(H,20,21). The molecular formula is C19H22O4. The zero-order valence-electron chi connectivity index (χ0n) is 13.7. The van der Waals surface area contributed by atoms with Crippen molar-refractivity contribution in [3.8, 4) is 16.9 Å². The van der Waals surface area contributed by atoms with Crippen LogP contribution in [0.25, 0.3) is 11.1 Å². The number of benzene rings is 2. The van der Waals surface area contributed by atoms with Crippen LogP contribution in [0.4, 0.5) is 0 Å². The van der Waals surface area contributed by atoms with Crippen molar-refractivity contribution >= 4 is 5.97 Å². The third-order valence-corrected chi connectivity index (χ3v) is 3.88. The van der Waals surface area contributed by atoms with Gasteiger partial charge < -0.3 is 14.6 Å². The fraction of sp³-hybridized carbons (Fsp3) is 0.316. The number of para-hydroxylation sites is 1. The van der Waals surface area contributed by atoms with Gasteiger partial charge in [-0.05, 0) is 31.0 Å². The molecule has 2 aromatic rings. The maximum absolute atomic E-state index is 11.3. The molecule has 0 fully saturated rings. The normalized spacial score (nSPS) is 11.3. The zero-order valence-corrected chi connectivity index (χ0v) is 13.7. The summed E-state index contributed by atoms with van der Waals surface area (Å²) >= 11 is 0. The first-order chi connectivity index (χ1) is 11.0. The first-order valence-electron chi connectivity index (χ1n) is 7.52. The molecule has 0 bridgehead atoms. The van der Waals surface area contributed by atoms with Crippen LogP contribution in [0, 0.1) is 0 Å². The van der Waals surface area contributed by atoms with E-state index >= 15 is 0 Å². The molecule has 0 aromatic heterocycles. The van der Waals surface area contributed by atoms with E-state index in [1.165, 1.54) is 0 Å². The number of hydrogen-bond donors (Lipinski definition) is 1. The van der Waals surface area contributed by atoms with E-state index in [1.54, 1.807) is 21.0 Å². The predicted octanol–water partition coefficient (Wildman–Crippen LogP) is 3.74. The van der Waals surface area contributed by atoms with Crippen LogP contribution in [0.1, 0.15) is 19.4 Å². The fourth-order valence-electron chi connectivity index (χ4n) is 2.26. The van der Waals surface area contributed by atoms with E-state index in [-0.39, 0.29) is 0 Å². The number of ether oxygens (including phenoxy) is 2. The van der Waals surface area contributed by atoms with Gasteiger partial charge in [-0.1, -0.05) is 42.5 Å². The third-order valence-electron chi connectivity index (χ3n) is 3.88. The van der Waals surface area contributed by atoms with Crippen molar-refractivity contribution < 1.29 is 19.4 Å². The summed E-state index contributed by atoms with van der Waals surface area (Å²) < 4.78 is 10.8. The Hall–Kier alpha value is -2.33. The fourth-order valence-corrected chi connectivity index (χ4v) is 2.26. The van der Waals surface area contributed by atoms with Crippen LogP contribution in [0.2, 0.25) is 0 Å². The van der Waals surface area contributed by atoms with Gasteiger partial charge in [0, 0.05) is 12.7 Å². The molecule has 0 spiro atoms. The van der Waals surface area contributed by atoms with Gasteiger partial charge in [0.2, 0.25) is 0 Å². The van der Waals surface area contributed by atoms with Gasteiger partial charge in [0.25, 0.3) is 0 Å². The molecule has 2 rings (SSSR count). The van der Waals surface area contributed by atoms with E-state index < -0.39 is 11.4 Å². The Bertz CT molecular complexity index is 659. The number of aliphatic carboxylic acids is 1. The quantitative estimate of drug-likeness (QED) is 0.791. The Morgan fingerprint density at radius 3 is 2.30 bits per heavy atom. The summed E-state index contributed by atoms with van der Waals surface area (Å²) in [7, 11) is 1.64. The number of rotatable bonds is 7. The average molecular weight is 314 g/mol. The summed E-state index contributed by atoms with van der Waals surface area (Å²) in [5, 5.41) is 9.31. The van der Waals surface area contributed by atoms with Gasteiger partial charge in [-0.15, -0.1) is 0 Å². The smallest absolute Gasteiger partial charge is 0.313 e. The van der Waals surface area contributed by atoms with Crippen molar-refractivity contribution in [3.63, 3.8) is 0 Å². The SMILES string of the molecule is COCCOc1ccccc1-c1ccc(C(C)(C)C(=O)O)cc1. The van der Waals surface area contributed by atoms with Gasteiger partial charge in [-0.3, -0.25) is 4.79 Å². The molecule has 0 aliphatic heterocycles. The van der Waals surface area contributed by atoms with Crippen molar-refractivity contribution in [2.24, 2.45) is 0 Å². The molecule has 0 saturated carbocycles. The largest absolute Gasteiger partial charge is 0.491 e.